The summed E-state index contributed by atoms with van der Waals surface area (Å²) in [5.41, 5.74) is 3.04. The van der Waals surface area contributed by atoms with Crippen molar-refractivity contribution < 1.29 is 4.74 Å². The predicted octanol–water partition coefficient (Wildman–Crippen LogP) is 3.91. The number of hydrogen-bond donors (Lipinski definition) is 2. The lowest BCUT2D eigenvalue weighted by Gasteiger charge is -2.20. The fourth-order valence-corrected chi connectivity index (χ4v) is 2.77. The highest BCUT2D eigenvalue weighted by molar-refractivity contribution is 5.62. The molecule has 0 aliphatic rings. The molecule has 2 N–H and O–H groups in total. The van der Waals surface area contributed by atoms with Crippen molar-refractivity contribution in [1.82, 2.24) is 15.3 Å². The van der Waals surface area contributed by atoms with Crippen LogP contribution in [0.3, 0.4) is 0 Å². The zero-order chi connectivity index (χ0) is 18.2. The SMILES string of the molecule is CNCCC(Oc1cccc(-c2ccnc(NC)n2)c1)c1ccccc1. The van der Waals surface area contributed by atoms with Gasteiger partial charge in [0.1, 0.15) is 11.9 Å². The number of nitrogens with zero attached hydrogens (tertiary/aromatic N) is 2. The van der Waals surface area contributed by atoms with Gasteiger partial charge in [0.2, 0.25) is 5.95 Å². The van der Waals surface area contributed by atoms with Gasteiger partial charge >= 0.3 is 0 Å². The van der Waals surface area contributed by atoms with Gasteiger partial charge in [0, 0.05) is 25.2 Å². The van der Waals surface area contributed by atoms with Crippen molar-refractivity contribution >= 4 is 5.95 Å². The van der Waals surface area contributed by atoms with E-state index in [2.05, 4.69) is 32.7 Å². The van der Waals surface area contributed by atoms with Crippen LogP contribution in [-0.2, 0) is 0 Å². The molecule has 26 heavy (non-hydrogen) atoms. The first kappa shape index (κ1) is 17.9. The molecule has 1 aromatic heterocycles. The van der Waals surface area contributed by atoms with Crippen molar-refractivity contribution in [2.24, 2.45) is 0 Å². The third kappa shape index (κ3) is 4.58. The molecule has 1 unspecified atom stereocenters. The molecule has 0 saturated carbocycles. The second-order valence-electron chi connectivity index (χ2n) is 5.95. The van der Waals surface area contributed by atoms with Crippen LogP contribution in [0.1, 0.15) is 18.1 Å². The van der Waals surface area contributed by atoms with Crippen LogP contribution >= 0.6 is 0 Å². The molecule has 0 fully saturated rings. The van der Waals surface area contributed by atoms with Crippen molar-refractivity contribution in [3.05, 3.63) is 72.4 Å². The Morgan fingerprint density at radius 1 is 1.00 bits per heavy atom. The monoisotopic (exact) mass is 348 g/mol. The molecule has 0 saturated heterocycles. The second kappa shape index (κ2) is 8.97. The summed E-state index contributed by atoms with van der Waals surface area (Å²) in [6.45, 7) is 0.886. The number of rotatable bonds is 8. The summed E-state index contributed by atoms with van der Waals surface area (Å²) < 4.78 is 6.32. The maximum atomic E-state index is 6.32. The average Bonchev–Trinajstić information content (AvgIpc) is 2.72. The van der Waals surface area contributed by atoms with Crippen LogP contribution in [0.25, 0.3) is 11.3 Å². The maximum Gasteiger partial charge on any atom is 0.222 e. The van der Waals surface area contributed by atoms with Crippen LogP contribution in [-0.4, -0.2) is 30.6 Å². The molecule has 134 valence electrons. The quantitative estimate of drug-likeness (QED) is 0.646. The summed E-state index contributed by atoms with van der Waals surface area (Å²) >= 11 is 0. The molecule has 5 heteroatoms. The molecule has 0 bridgehead atoms. The minimum Gasteiger partial charge on any atom is -0.486 e. The summed E-state index contributed by atoms with van der Waals surface area (Å²) in [5.74, 6) is 1.43. The van der Waals surface area contributed by atoms with Crippen LogP contribution < -0.4 is 15.4 Å². The number of aromatic nitrogens is 2. The Labute approximate surface area is 154 Å². The molecule has 2 aromatic carbocycles. The standard InChI is InChI=1S/C21H24N4O/c1-22-13-12-20(16-7-4-3-5-8-16)26-18-10-6-9-17(15-18)19-11-14-24-21(23-2)25-19/h3-11,14-15,20,22H,12-13H2,1-2H3,(H,23,24,25). The zero-order valence-electron chi connectivity index (χ0n) is 15.1. The van der Waals surface area contributed by atoms with E-state index in [1.807, 2.05) is 62.6 Å². The van der Waals surface area contributed by atoms with Gasteiger partial charge in [-0.05, 0) is 37.4 Å². The Balaban J connectivity index is 1.83. The van der Waals surface area contributed by atoms with Crippen molar-refractivity contribution in [2.75, 3.05) is 26.0 Å². The number of anilines is 1. The molecule has 1 heterocycles. The number of benzene rings is 2. The Hall–Kier alpha value is -2.92. The third-order valence-corrected chi connectivity index (χ3v) is 4.12. The lowest BCUT2D eigenvalue weighted by atomic mass is 10.1. The molecule has 0 radical (unpaired) electrons. The van der Waals surface area contributed by atoms with Crippen LogP contribution in [0.2, 0.25) is 0 Å². The van der Waals surface area contributed by atoms with Crippen molar-refractivity contribution in [3.63, 3.8) is 0 Å². The van der Waals surface area contributed by atoms with Gasteiger partial charge < -0.3 is 15.4 Å². The Bertz CT molecular complexity index is 823. The molecule has 0 aliphatic heterocycles. The first-order valence-electron chi connectivity index (χ1n) is 8.77. The summed E-state index contributed by atoms with van der Waals surface area (Å²) in [5, 5.41) is 6.17. The topological polar surface area (TPSA) is 59.1 Å². The highest BCUT2D eigenvalue weighted by atomic mass is 16.5. The van der Waals surface area contributed by atoms with E-state index in [9.17, 15) is 0 Å². The van der Waals surface area contributed by atoms with E-state index < -0.39 is 0 Å². The normalized spacial score (nSPS) is 11.8. The molecular weight excluding hydrogens is 324 g/mol. The summed E-state index contributed by atoms with van der Waals surface area (Å²) in [6.07, 6.45) is 2.64. The van der Waals surface area contributed by atoms with E-state index in [0.717, 1.165) is 30.0 Å². The molecule has 5 nitrogen and oxygen atoms in total. The van der Waals surface area contributed by atoms with Gasteiger partial charge in [-0.15, -0.1) is 0 Å². The fourth-order valence-electron chi connectivity index (χ4n) is 2.77. The average molecular weight is 348 g/mol. The van der Waals surface area contributed by atoms with Crippen LogP contribution in [0.5, 0.6) is 5.75 Å². The Kier molecular flexibility index (Phi) is 6.17. The molecule has 3 rings (SSSR count). The van der Waals surface area contributed by atoms with Gasteiger partial charge in [0.05, 0.1) is 5.69 Å². The van der Waals surface area contributed by atoms with Gasteiger partial charge in [-0.3, -0.25) is 0 Å². The van der Waals surface area contributed by atoms with E-state index in [1.54, 1.807) is 6.20 Å². The smallest absolute Gasteiger partial charge is 0.222 e. The van der Waals surface area contributed by atoms with E-state index in [-0.39, 0.29) is 6.10 Å². The second-order valence-corrected chi connectivity index (χ2v) is 5.95. The molecule has 1 atom stereocenters. The van der Waals surface area contributed by atoms with E-state index in [0.29, 0.717) is 5.95 Å². The summed E-state index contributed by atoms with van der Waals surface area (Å²) in [4.78, 5) is 8.67. The molecular formula is C21H24N4O. The van der Waals surface area contributed by atoms with Crippen LogP contribution in [0.4, 0.5) is 5.95 Å². The van der Waals surface area contributed by atoms with E-state index in [4.69, 9.17) is 4.74 Å². The minimum absolute atomic E-state index is 0.00262. The highest BCUT2D eigenvalue weighted by Gasteiger charge is 2.13. The van der Waals surface area contributed by atoms with Gasteiger partial charge in [0.25, 0.3) is 0 Å². The number of hydrogen-bond acceptors (Lipinski definition) is 5. The predicted molar refractivity (Wildman–Crippen MR) is 105 cm³/mol. The lowest BCUT2D eigenvalue weighted by Crippen LogP contribution is -2.16. The number of nitrogens with one attached hydrogen (secondary N) is 2. The van der Waals surface area contributed by atoms with Crippen LogP contribution in [0.15, 0.2) is 66.9 Å². The van der Waals surface area contributed by atoms with Gasteiger partial charge in [-0.25, -0.2) is 9.97 Å². The van der Waals surface area contributed by atoms with E-state index in [1.165, 1.54) is 5.56 Å². The van der Waals surface area contributed by atoms with Crippen molar-refractivity contribution in [2.45, 2.75) is 12.5 Å². The minimum atomic E-state index is -0.00262. The molecule has 0 spiro atoms. The van der Waals surface area contributed by atoms with Crippen molar-refractivity contribution in [3.8, 4) is 17.0 Å². The highest BCUT2D eigenvalue weighted by Crippen LogP contribution is 2.28. The fraction of sp³-hybridized carbons (Fsp3) is 0.238. The summed E-state index contributed by atoms with van der Waals surface area (Å²) in [6, 6.07) is 20.2. The molecule has 0 amide bonds. The maximum absolute atomic E-state index is 6.32. The van der Waals surface area contributed by atoms with Gasteiger partial charge in [-0.2, -0.15) is 0 Å². The largest absolute Gasteiger partial charge is 0.486 e. The summed E-state index contributed by atoms with van der Waals surface area (Å²) in [7, 11) is 3.77. The Morgan fingerprint density at radius 3 is 2.62 bits per heavy atom. The number of ether oxygens (including phenoxy) is 1. The molecule has 0 aliphatic carbocycles. The van der Waals surface area contributed by atoms with Gasteiger partial charge in [-0.1, -0.05) is 42.5 Å². The first-order chi connectivity index (χ1) is 12.8. The zero-order valence-corrected chi connectivity index (χ0v) is 15.1. The first-order valence-corrected chi connectivity index (χ1v) is 8.77. The molecule has 3 aromatic rings. The van der Waals surface area contributed by atoms with Gasteiger partial charge in [0.15, 0.2) is 0 Å². The Morgan fingerprint density at radius 2 is 1.85 bits per heavy atom. The van der Waals surface area contributed by atoms with Crippen molar-refractivity contribution in [1.29, 1.82) is 0 Å². The van der Waals surface area contributed by atoms with Crippen LogP contribution in [0, 0.1) is 0 Å². The lowest BCUT2D eigenvalue weighted by molar-refractivity contribution is 0.195. The third-order valence-electron chi connectivity index (χ3n) is 4.12. The van der Waals surface area contributed by atoms with E-state index >= 15 is 0 Å².